The normalized spacial score (nSPS) is 17.0. The number of carbonyl (C=O) groups excluding carboxylic acids is 1. The molecule has 1 aliphatic rings. The monoisotopic (exact) mass is 472 g/mol. The van der Waals surface area contributed by atoms with Crippen LogP contribution in [0.4, 0.5) is 13.2 Å². The number of alkyl halides is 3. The van der Waals surface area contributed by atoms with E-state index in [1.807, 2.05) is 0 Å². The van der Waals surface area contributed by atoms with Crippen LogP contribution in [0.15, 0.2) is 35.3 Å². The van der Waals surface area contributed by atoms with Gasteiger partial charge in [0.25, 0.3) is 5.91 Å². The number of carbonyl (C=O) groups is 1. The Morgan fingerprint density at radius 3 is 2.72 bits per heavy atom. The van der Waals surface area contributed by atoms with Crippen LogP contribution in [-0.4, -0.2) is 69.9 Å². The lowest BCUT2D eigenvalue weighted by Gasteiger charge is -2.24. The highest BCUT2D eigenvalue weighted by atomic mass is 35.5. The molecule has 0 aliphatic carbocycles. The topological polar surface area (TPSA) is 83.5 Å². The van der Waals surface area contributed by atoms with Crippen molar-refractivity contribution in [3.8, 4) is 11.1 Å². The van der Waals surface area contributed by atoms with E-state index in [9.17, 15) is 23.1 Å². The quantitative estimate of drug-likeness (QED) is 0.586. The van der Waals surface area contributed by atoms with Gasteiger partial charge in [-0.1, -0.05) is 11.6 Å². The molecule has 0 aromatic carbocycles. The van der Waals surface area contributed by atoms with E-state index in [1.54, 1.807) is 4.90 Å². The number of fused-ring (bicyclic) bond motifs is 1. The number of rotatable bonds is 4. The lowest BCUT2D eigenvalue weighted by atomic mass is 10.1. The minimum atomic E-state index is -4.71. The van der Waals surface area contributed by atoms with Gasteiger partial charge >= 0.3 is 6.18 Å². The van der Waals surface area contributed by atoms with Crippen molar-refractivity contribution >= 4 is 23.2 Å². The Morgan fingerprint density at radius 1 is 1.28 bits per heavy atom. The van der Waals surface area contributed by atoms with Gasteiger partial charge in [0.2, 0.25) is 6.41 Å². The number of nitrogens with zero attached hydrogens (tertiary/aromatic N) is 4. The smallest absolute Gasteiger partial charge is 0.420 e. The molecule has 1 fully saturated rings. The molecule has 4 heterocycles. The van der Waals surface area contributed by atoms with Crippen molar-refractivity contribution in [1.29, 1.82) is 0 Å². The highest BCUT2D eigenvalue weighted by Gasteiger charge is 2.37. The molecule has 0 spiro atoms. The number of hydrogen-bond acceptors (Lipinski definition) is 6. The summed E-state index contributed by atoms with van der Waals surface area (Å²) in [4.78, 5) is 20.2. The maximum absolute atomic E-state index is 13.8. The number of halogens is 4. The van der Waals surface area contributed by atoms with Crippen LogP contribution >= 0.6 is 11.6 Å². The summed E-state index contributed by atoms with van der Waals surface area (Å²) in [6.45, 7) is 1.38. The van der Waals surface area contributed by atoms with Gasteiger partial charge in [-0.25, -0.2) is 4.98 Å². The standard InChI is InChI=1S/C20H20ClF3N4O4/c1-31-19(30)27-5-2-4-26(6-7-27)18(29)15-16(21)28-10-13(12-3-8-32-11-12)9-14(17(28)25-15)20(22,23)24/h3,8-11,19,30H,2,4-7H2,1H3. The van der Waals surface area contributed by atoms with E-state index in [1.165, 1.54) is 36.8 Å². The SMILES string of the molecule is COC(O)N1CCCN(C(=O)c2nc3c(C(F)(F)F)cc(-c4ccoc4)cn3c2Cl)CC1. The summed E-state index contributed by atoms with van der Waals surface area (Å²) < 4.78 is 52.3. The lowest BCUT2D eigenvalue weighted by molar-refractivity contribution is -0.174. The van der Waals surface area contributed by atoms with Crippen LogP contribution in [0.3, 0.4) is 0 Å². The van der Waals surface area contributed by atoms with E-state index >= 15 is 0 Å². The molecule has 1 unspecified atom stereocenters. The summed E-state index contributed by atoms with van der Waals surface area (Å²) in [5.41, 5.74) is -1.08. The van der Waals surface area contributed by atoms with Gasteiger partial charge in [-0.05, 0) is 18.6 Å². The number of furan rings is 1. The molecule has 1 N–H and O–H groups in total. The molecule has 32 heavy (non-hydrogen) atoms. The zero-order chi connectivity index (χ0) is 23.0. The van der Waals surface area contributed by atoms with Crippen LogP contribution in [0.1, 0.15) is 22.5 Å². The van der Waals surface area contributed by atoms with Crippen molar-refractivity contribution in [1.82, 2.24) is 19.2 Å². The van der Waals surface area contributed by atoms with Crippen molar-refractivity contribution in [3.05, 3.63) is 47.3 Å². The fraction of sp³-hybridized carbons (Fsp3) is 0.400. The Balaban J connectivity index is 1.72. The van der Waals surface area contributed by atoms with Gasteiger partial charge < -0.3 is 19.2 Å². The largest absolute Gasteiger partial charge is 0.472 e. The Labute approximate surface area is 185 Å². The van der Waals surface area contributed by atoms with Gasteiger partial charge in [0, 0.05) is 50.6 Å². The highest BCUT2D eigenvalue weighted by molar-refractivity contribution is 6.33. The Bertz CT molecular complexity index is 1120. The molecule has 4 rings (SSSR count). The van der Waals surface area contributed by atoms with E-state index in [2.05, 4.69) is 4.98 Å². The minimum absolute atomic E-state index is 0.209. The van der Waals surface area contributed by atoms with Crippen LogP contribution in [-0.2, 0) is 10.9 Å². The average molecular weight is 473 g/mol. The molecular formula is C20H20ClF3N4O4. The first-order valence-corrected chi connectivity index (χ1v) is 10.1. The molecular weight excluding hydrogens is 453 g/mol. The molecule has 1 saturated heterocycles. The van der Waals surface area contributed by atoms with E-state index in [4.69, 9.17) is 20.8 Å². The fourth-order valence-corrected chi connectivity index (χ4v) is 3.96. The summed E-state index contributed by atoms with van der Waals surface area (Å²) >= 11 is 6.36. The summed E-state index contributed by atoms with van der Waals surface area (Å²) in [5, 5.41) is 9.64. The Hall–Kier alpha value is -2.60. The molecule has 0 bridgehead atoms. The van der Waals surface area contributed by atoms with Gasteiger partial charge in [0.15, 0.2) is 11.3 Å². The summed E-state index contributed by atoms with van der Waals surface area (Å²) in [7, 11) is 1.37. The number of aromatic nitrogens is 2. The fourth-order valence-electron chi connectivity index (χ4n) is 3.71. The van der Waals surface area contributed by atoms with Crippen LogP contribution in [0.25, 0.3) is 16.8 Å². The van der Waals surface area contributed by atoms with Crippen LogP contribution in [0.5, 0.6) is 0 Å². The van der Waals surface area contributed by atoms with Gasteiger partial charge in [-0.3, -0.25) is 14.1 Å². The van der Waals surface area contributed by atoms with Crippen molar-refractivity contribution in [2.24, 2.45) is 0 Å². The van der Waals surface area contributed by atoms with E-state index in [-0.39, 0.29) is 23.0 Å². The molecule has 0 saturated carbocycles. The predicted molar refractivity (Wildman–Crippen MR) is 108 cm³/mol. The summed E-state index contributed by atoms with van der Waals surface area (Å²) in [5.74, 6) is -0.578. The average Bonchev–Trinajstić information content (AvgIpc) is 3.33. The third-order valence-electron chi connectivity index (χ3n) is 5.37. The molecule has 1 aliphatic heterocycles. The zero-order valence-electron chi connectivity index (χ0n) is 17.0. The Kier molecular flexibility index (Phi) is 6.17. The predicted octanol–water partition coefficient (Wildman–Crippen LogP) is 3.34. The molecule has 1 amide bonds. The van der Waals surface area contributed by atoms with Gasteiger partial charge in [0.1, 0.15) is 5.15 Å². The molecule has 0 radical (unpaired) electrons. The number of hydrogen-bond donors (Lipinski definition) is 1. The van der Waals surface area contributed by atoms with Crippen molar-refractivity contribution < 1.29 is 32.2 Å². The lowest BCUT2D eigenvalue weighted by Crippen LogP contribution is -2.40. The van der Waals surface area contributed by atoms with E-state index < -0.39 is 29.7 Å². The second-order valence-corrected chi connectivity index (χ2v) is 7.70. The van der Waals surface area contributed by atoms with Crippen molar-refractivity contribution in [3.63, 3.8) is 0 Å². The maximum Gasteiger partial charge on any atom is 0.420 e. The number of aliphatic hydroxyl groups is 1. The first-order valence-electron chi connectivity index (χ1n) is 9.76. The van der Waals surface area contributed by atoms with Gasteiger partial charge in [0.05, 0.1) is 18.1 Å². The summed E-state index contributed by atoms with van der Waals surface area (Å²) in [6.07, 6.45) is -1.22. The third-order valence-corrected chi connectivity index (χ3v) is 5.73. The molecule has 3 aromatic heterocycles. The molecule has 1 atom stereocenters. The molecule has 3 aromatic rings. The number of imidazole rings is 1. The van der Waals surface area contributed by atoms with Crippen LogP contribution < -0.4 is 0 Å². The Morgan fingerprint density at radius 2 is 2.06 bits per heavy atom. The van der Waals surface area contributed by atoms with Gasteiger partial charge in [-0.2, -0.15) is 13.2 Å². The number of amides is 1. The molecule has 8 nitrogen and oxygen atoms in total. The molecule has 172 valence electrons. The first-order chi connectivity index (χ1) is 15.2. The maximum atomic E-state index is 13.8. The number of ether oxygens (including phenoxy) is 1. The van der Waals surface area contributed by atoms with E-state index in [0.29, 0.717) is 31.6 Å². The molecule has 12 heteroatoms. The highest BCUT2D eigenvalue weighted by Crippen LogP contribution is 2.37. The van der Waals surface area contributed by atoms with Crippen LogP contribution in [0, 0.1) is 0 Å². The zero-order valence-corrected chi connectivity index (χ0v) is 17.7. The summed E-state index contributed by atoms with van der Waals surface area (Å²) in [6, 6.07) is 2.48. The van der Waals surface area contributed by atoms with Gasteiger partial charge in [-0.15, -0.1) is 0 Å². The number of methoxy groups -OCH3 is 1. The number of pyridine rings is 1. The van der Waals surface area contributed by atoms with Crippen LogP contribution in [0.2, 0.25) is 5.15 Å². The minimum Gasteiger partial charge on any atom is -0.472 e. The third kappa shape index (κ3) is 4.20. The van der Waals surface area contributed by atoms with Crippen molar-refractivity contribution in [2.45, 2.75) is 19.0 Å². The second kappa shape index (κ2) is 8.74. The van der Waals surface area contributed by atoms with Crippen molar-refractivity contribution in [2.75, 3.05) is 33.3 Å². The number of aliphatic hydroxyl groups excluding tert-OH is 1. The second-order valence-electron chi connectivity index (χ2n) is 7.34. The first kappa shape index (κ1) is 22.6. The van der Waals surface area contributed by atoms with E-state index in [0.717, 1.165) is 10.5 Å².